The zero-order chi connectivity index (χ0) is 13.3. The monoisotopic (exact) mass is 269 g/mol. The molecule has 6 heteroatoms. The van der Waals surface area contributed by atoms with Crippen molar-refractivity contribution in [2.75, 3.05) is 5.75 Å². The van der Waals surface area contributed by atoms with E-state index >= 15 is 0 Å². The Morgan fingerprint density at radius 1 is 1.33 bits per heavy atom. The maximum Gasteiger partial charge on any atom is 0.335 e. The molecule has 1 aromatic rings. The highest BCUT2D eigenvalue weighted by Crippen LogP contribution is 2.26. The quantitative estimate of drug-likeness (QED) is 0.897. The van der Waals surface area contributed by atoms with E-state index in [9.17, 15) is 13.2 Å². The first-order valence-electron chi connectivity index (χ1n) is 5.77. The minimum absolute atomic E-state index is 0.132. The third-order valence-corrected chi connectivity index (χ3v) is 4.97. The molecule has 1 N–H and O–H groups in total. The first-order valence-corrected chi connectivity index (χ1v) is 7.38. The molecule has 0 amide bonds. The van der Waals surface area contributed by atoms with Crippen LogP contribution in [0, 0.1) is 0 Å². The summed E-state index contributed by atoms with van der Waals surface area (Å²) in [4.78, 5) is 10.8. The van der Waals surface area contributed by atoms with Gasteiger partial charge in [0.2, 0.25) is 10.0 Å². The van der Waals surface area contributed by atoms with Crippen LogP contribution in [0.5, 0.6) is 0 Å². The van der Waals surface area contributed by atoms with Crippen LogP contribution in [0.25, 0.3) is 0 Å². The fraction of sp³-hybridized carbons (Fsp3) is 0.417. The van der Waals surface area contributed by atoms with Gasteiger partial charge in [-0.3, -0.25) is 0 Å². The molecule has 0 atom stereocenters. The van der Waals surface area contributed by atoms with Crippen molar-refractivity contribution in [3.63, 3.8) is 0 Å². The second-order valence-corrected chi connectivity index (χ2v) is 6.46. The van der Waals surface area contributed by atoms with Crippen molar-refractivity contribution in [1.29, 1.82) is 0 Å². The molecule has 0 aliphatic carbocycles. The highest BCUT2D eigenvalue weighted by Gasteiger charge is 2.28. The van der Waals surface area contributed by atoms with Crippen molar-refractivity contribution < 1.29 is 18.3 Å². The van der Waals surface area contributed by atoms with Gasteiger partial charge in [-0.1, -0.05) is 13.0 Å². The van der Waals surface area contributed by atoms with Crippen molar-refractivity contribution in [2.24, 2.45) is 0 Å². The van der Waals surface area contributed by atoms with E-state index in [0.717, 1.165) is 11.1 Å². The number of carboxylic acids is 1. The van der Waals surface area contributed by atoms with Gasteiger partial charge in [0.15, 0.2) is 0 Å². The molecule has 1 aliphatic heterocycles. The largest absolute Gasteiger partial charge is 0.478 e. The topological polar surface area (TPSA) is 74.7 Å². The van der Waals surface area contributed by atoms with E-state index in [2.05, 4.69) is 0 Å². The third kappa shape index (κ3) is 2.39. The smallest absolute Gasteiger partial charge is 0.335 e. The lowest BCUT2D eigenvalue weighted by Gasteiger charge is -2.14. The SMILES string of the molecule is CCCS(=O)(=O)N1Cc2ccc(C(=O)O)cc2C1. The number of sulfonamides is 1. The summed E-state index contributed by atoms with van der Waals surface area (Å²) in [6, 6.07) is 4.76. The van der Waals surface area contributed by atoms with Crippen molar-refractivity contribution >= 4 is 16.0 Å². The molecular formula is C12H15NO4S. The standard InChI is InChI=1S/C12H15NO4S/c1-2-5-18(16,17)13-7-10-4-3-9(12(14)15)6-11(10)8-13/h3-4,6H,2,5,7-8H2,1H3,(H,14,15). The number of aromatic carboxylic acids is 1. The summed E-state index contributed by atoms with van der Waals surface area (Å²) in [6.45, 7) is 2.44. The molecule has 5 nitrogen and oxygen atoms in total. The fourth-order valence-electron chi connectivity index (χ4n) is 2.08. The van der Waals surface area contributed by atoms with Crippen LogP contribution >= 0.6 is 0 Å². The first kappa shape index (κ1) is 13.0. The summed E-state index contributed by atoms with van der Waals surface area (Å²) in [6.07, 6.45) is 0.579. The van der Waals surface area contributed by atoms with Gasteiger partial charge in [-0.2, -0.15) is 4.31 Å². The van der Waals surface area contributed by atoms with Crippen LogP contribution in [-0.2, 0) is 23.1 Å². The first-order chi connectivity index (χ1) is 8.44. The van der Waals surface area contributed by atoms with E-state index in [0.29, 0.717) is 13.0 Å². The van der Waals surface area contributed by atoms with E-state index in [1.54, 1.807) is 12.1 Å². The molecule has 0 radical (unpaired) electrons. The molecule has 18 heavy (non-hydrogen) atoms. The highest BCUT2D eigenvalue weighted by atomic mass is 32.2. The van der Waals surface area contributed by atoms with Gasteiger partial charge in [0.1, 0.15) is 0 Å². The third-order valence-electron chi connectivity index (χ3n) is 3.00. The number of hydrogen-bond acceptors (Lipinski definition) is 3. The molecule has 0 spiro atoms. The predicted octanol–water partition coefficient (Wildman–Crippen LogP) is 1.44. The Kier molecular flexibility index (Phi) is 3.41. The molecule has 1 aliphatic rings. The molecule has 0 aromatic heterocycles. The molecule has 0 saturated carbocycles. The molecule has 0 unspecified atom stereocenters. The number of carboxylic acid groups (broad SMARTS) is 1. The summed E-state index contributed by atoms with van der Waals surface area (Å²) in [7, 11) is -3.22. The number of rotatable bonds is 4. The lowest BCUT2D eigenvalue weighted by atomic mass is 10.1. The predicted molar refractivity (Wildman–Crippen MR) is 66.7 cm³/mol. The molecule has 0 saturated heterocycles. The van der Waals surface area contributed by atoms with Gasteiger partial charge in [0, 0.05) is 13.1 Å². The van der Waals surface area contributed by atoms with E-state index in [1.165, 1.54) is 10.4 Å². The maximum absolute atomic E-state index is 11.9. The number of fused-ring (bicyclic) bond motifs is 1. The average Bonchev–Trinajstić information content (AvgIpc) is 2.71. The van der Waals surface area contributed by atoms with Crippen LogP contribution in [0.2, 0.25) is 0 Å². The van der Waals surface area contributed by atoms with Crippen LogP contribution < -0.4 is 0 Å². The zero-order valence-corrected chi connectivity index (χ0v) is 10.9. The zero-order valence-electron chi connectivity index (χ0n) is 10.1. The number of benzene rings is 1. The van der Waals surface area contributed by atoms with Crippen molar-refractivity contribution in [2.45, 2.75) is 26.4 Å². The summed E-state index contributed by atoms with van der Waals surface area (Å²) >= 11 is 0. The van der Waals surface area contributed by atoms with Crippen LogP contribution in [0.4, 0.5) is 0 Å². The average molecular weight is 269 g/mol. The minimum Gasteiger partial charge on any atom is -0.478 e. The van der Waals surface area contributed by atoms with Gasteiger partial charge in [-0.15, -0.1) is 0 Å². The van der Waals surface area contributed by atoms with Crippen LogP contribution in [-0.4, -0.2) is 29.6 Å². The lowest BCUT2D eigenvalue weighted by molar-refractivity contribution is 0.0696. The van der Waals surface area contributed by atoms with Gasteiger partial charge in [-0.25, -0.2) is 13.2 Å². The molecular weight excluding hydrogens is 254 g/mol. The van der Waals surface area contributed by atoms with Gasteiger partial charge >= 0.3 is 5.97 Å². The Hall–Kier alpha value is -1.40. The van der Waals surface area contributed by atoms with E-state index < -0.39 is 16.0 Å². The van der Waals surface area contributed by atoms with E-state index in [4.69, 9.17) is 5.11 Å². The van der Waals surface area contributed by atoms with Crippen LogP contribution in [0.3, 0.4) is 0 Å². The maximum atomic E-state index is 11.9. The Morgan fingerprint density at radius 3 is 2.61 bits per heavy atom. The molecule has 0 bridgehead atoms. The molecule has 0 fully saturated rings. The van der Waals surface area contributed by atoms with Crippen LogP contribution in [0.1, 0.15) is 34.8 Å². The molecule has 2 rings (SSSR count). The summed E-state index contributed by atoms with van der Waals surface area (Å²) in [5.74, 6) is -0.861. The normalized spacial score (nSPS) is 15.6. The summed E-state index contributed by atoms with van der Waals surface area (Å²) in [5.41, 5.74) is 1.87. The summed E-state index contributed by atoms with van der Waals surface area (Å²) in [5, 5.41) is 8.89. The Labute approximate surface area is 106 Å². The minimum atomic E-state index is -3.22. The van der Waals surface area contributed by atoms with E-state index in [-0.39, 0.29) is 17.9 Å². The second-order valence-electron chi connectivity index (χ2n) is 4.37. The van der Waals surface area contributed by atoms with Crippen molar-refractivity contribution in [3.8, 4) is 0 Å². The Balaban J connectivity index is 2.25. The molecule has 1 aromatic carbocycles. The highest BCUT2D eigenvalue weighted by molar-refractivity contribution is 7.89. The number of nitrogens with zero attached hydrogens (tertiary/aromatic N) is 1. The van der Waals surface area contributed by atoms with Crippen LogP contribution in [0.15, 0.2) is 18.2 Å². The lowest BCUT2D eigenvalue weighted by Crippen LogP contribution is -2.27. The number of hydrogen-bond donors (Lipinski definition) is 1. The van der Waals surface area contributed by atoms with Gasteiger partial charge in [-0.05, 0) is 29.7 Å². The van der Waals surface area contributed by atoms with E-state index in [1.807, 2.05) is 6.92 Å². The fourth-order valence-corrected chi connectivity index (χ4v) is 3.53. The van der Waals surface area contributed by atoms with Gasteiger partial charge < -0.3 is 5.11 Å². The molecule has 98 valence electrons. The van der Waals surface area contributed by atoms with Crippen molar-refractivity contribution in [1.82, 2.24) is 4.31 Å². The second kappa shape index (κ2) is 4.70. The Morgan fingerprint density at radius 2 is 2.00 bits per heavy atom. The van der Waals surface area contributed by atoms with Gasteiger partial charge in [0.05, 0.1) is 11.3 Å². The molecule has 1 heterocycles. The summed E-state index contributed by atoms with van der Waals surface area (Å²) < 4.78 is 25.3. The Bertz CT molecular complexity index is 580. The number of carbonyl (C=O) groups is 1. The van der Waals surface area contributed by atoms with Crippen molar-refractivity contribution in [3.05, 3.63) is 34.9 Å². The van der Waals surface area contributed by atoms with Gasteiger partial charge in [0.25, 0.3) is 0 Å².